The summed E-state index contributed by atoms with van der Waals surface area (Å²) in [6.07, 6.45) is 0. The summed E-state index contributed by atoms with van der Waals surface area (Å²) in [5.74, 6) is -8.04. The second-order valence-corrected chi connectivity index (χ2v) is 10.9. The number of rotatable bonds is 8. The van der Waals surface area contributed by atoms with Crippen molar-refractivity contribution in [1.82, 2.24) is 0 Å². The second kappa shape index (κ2) is 6.94. The Hall–Kier alpha value is -1.62. The van der Waals surface area contributed by atoms with Gasteiger partial charge in [-0.25, -0.2) is 26.4 Å². The first-order chi connectivity index (χ1) is 11.1. The molecule has 0 saturated heterocycles. The molecular formula is C14H22O9S2. The number of hydrogen-bond acceptors (Lipinski definition) is 8. The summed E-state index contributed by atoms with van der Waals surface area (Å²) in [4.78, 5) is 22.3. The van der Waals surface area contributed by atoms with E-state index in [0.29, 0.717) is 0 Å². The number of esters is 1. The normalized spacial score (nSPS) is 21.9. The molecule has 9 nitrogen and oxygen atoms in total. The first-order valence-corrected chi connectivity index (χ1v) is 11.0. The van der Waals surface area contributed by atoms with Gasteiger partial charge in [-0.05, 0) is 11.8 Å². The molecule has 0 aromatic carbocycles. The molecule has 0 aromatic heterocycles. The maximum absolute atomic E-state index is 12.5. The molecule has 0 aliphatic carbocycles. The third kappa shape index (κ3) is 4.51. The summed E-state index contributed by atoms with van der Waals surface area (Å²) in [6.45, 7) is 6.22. The molecule has 1 rings (SSSR count). The highest BCUT2D eigenvalue weighted by molar-refractivity contribution is 7.95. The molecule has 0 aromatic rings. The van der Waals surface area contributed by atoms with E-state index < -0.39 is 71.1 Å². The fourth-order valence-electron chi connectivity index (χ4n) is 2.63. The van der Waals surface area contributed by atoms with Gasteiger partial charge in [0.15, 0.2) is 19.7 Å². The minimum atomic E-state index is -4.46. The molecular weight excluding hydrogens is 376 g/mol. The van der Waals surface area contributed by atoms with Gasteiger partial charge in [-0.15, -0.1) is 0 Å². The quantitative estimate of drug-likeness (QED) is 0.549. The van der Waals surface area contributed by atoms with E-state index in [0.717, 1.165) is 0 Å². The maximum Gasteiger partial charge on any atom is 0.376 e. The van der Waals surface area contributed by atoms with E-state index in [1.165, 1.54) is 13.8 Å². The minimum absolute atomic E-state index is 0.360. The van der Waals surface area contributed by atoms with Crippen LogP contribution in [-0.4, -0.2) is 61.8 Å². The van der Waals surface area contributed by atoms with Gasteiger partial charge in [0.1, 0.15) is 10.7 Å². The molecule has 0 radical (unpaired) electrons. The van der Waals surface area contributed by atoms with Crippen molar-refractivity contribution < 1.29 is 41.4 Å². The largest absolute Gasteiger partial charge is 0.501 e. The number of carbonyl (C=O) groups excluding carboxylic acids is 1. The first kappa shape index (κ1) is 21.4. The van der Waals surface area contributed by atoms with Crippen LogP contribution in [0, 0.1) is 11.8 Å². The van der Waals surface area contributed by atoms with Crippen LogP contribution >= 0.6 is 0 Å². The van der Waals surface area contributed by atoms with E-state index in [1.54, 1.807) is 13.8 Å². The highest BCUT2D eigenvalue weighted by Gasteiger charge is 2.61. The van der Waals surface area contributed by atoms with E-state index in [9.17, 15) is 36.6 Å². The van der Waals surface area contributed by atoms with Crippen molar-refractivity contribution in [3.8, 4) is 0 Å². The lowest BCUT2D eigenvalue weighted by Crippen LogP contribution is -2.50. The van der Waals surface area contributed by atoms with Gasteiger partial charge in [0.2, 0.25) is 5.76 Å². The average Bonchev–Trinajstić information content (AvgIpc) is 2.58. The third-order valence-electron chi connectivity index (χ3n) is 3.26. The standard InChI is InChI=1S/C14H22O9S2/c1-8(2)5-24(19,20)7-14(13(17)18)11(10(15)12(16)23-14)25(21,22)6-9(3)4/h8-9,15H,5-7H2,1-4H3,(H,17,18). The predicted molar refractivity (Wildman–Crippen MR) is 88.2 cm³/mol. The third-order valence-corrected chi connectivity index (χ3v) is 7.53. The van der Waals surface area contributed by atoms with Crippen molar-refractivity contribution in [2.24, 2.45) is 11.8 Å². The van der Waals surface area contributed by atoms with Crippen LogP contribution in [0.1, 0.15) is 27.7 Å². The van der Waals surface area contributed by atoms with Crippen LogP contribution in [-0.2, 0) is 34.0 Å². The SMILES string of the molecule is CC(C)CS(=O)(=O)CC1(C(=O)O)OC(=O)C(O)=C1S(=O)(=O)CC(C)C. The highest BCUT2D eigenvalue weighted by Crippen LogP contribution is 2.38. The molecule has 2 N–H and O–H groups in total. The smallest absolute Gasteiger partial charge is 0.376 e. The van der Waals surface area contributed by atoms with Crippen molar-refractivity contribution in [1.29, 1.82) is 0 Å². The molecule has 0 saturated carbocycles. The van der Waals surface area contributed by atoms with E-state index in [1.807, 2.05) is 0 Å². The number of sulfone groups is 2. The molecule has 1 aliphatic rings. The number of aliphatic hydroxyl groups is 1. The number of aliphatic carboxylic acids is 1. The van der Waals surface area contributed by atoms with Crippen LogP contribution in [0.5, 0.6) is 0 Å². The monoisotopic (exact) mass is 398 g/mol. The van der Waals surface area contributed by atoms with E-state index in [4.69, 9.17) is 0 Å². The molecule has 1 unspecified atom stereocenters. The number of ether oxygens (including phenoxy) is 1. The molecule has 11 heteroatoms. The van der Waals surface area contributed by atoms with E-state index in [-0.39, 0.29) is 5.92 Å². The van der Waals surface area contributed by atoms with Crippen molar-refractivity contribution >= 4 is 31.6 Å². The van der Waals surface area contributed by atoms with E-state index in [2.05, 4.69) is 4.74 Å². The van der Waals surface area contributed by atoms with Crippen LogP contribution in [0.2, 0.25) is 0 Å². The van der Waals surface area contributed by atoms with Crippen LogP contribution in [0.3, 0.4) is 0 Å². The van der Waals surface area contributed by atoms with Gasteiger partial charge in [0.25, 0.3) is 5.60 Å². The second-order valence-electron chi connectivity index (χ2n) is 6.82. The Balaban J connectivity index is 3.59. The molecule has 25 heavy (non-hydrogen) atoms. The zero-order chi connectivity index (χ0) is 19.8. The fourth-order valence-corrected chi connectivity index (χ4v) is 6.93. The van der Waals surface area contributed by atoms with Crippen molar-refractivity contribution in [2.75, 3.05) is 17.3 Å². The summed E-state index contributed by atoms with van der Waals surface area (Å²) >= 11 is 0. The molecule has 144 valence electrons. The number of hydrogen-bond donors (Lipinski definition) is 2. The van der Waals surface area contributed by atoms with Crippen LogP contribution in [0.25, 0.3) is 0 Å². The number of carboxylic acids is 1. The van der Waals surface area contributed by atoms with Gasteiger partial charge >= 0.3 is 11.9 Å². The first-order valence-electron chi connectivity index (χ1n) is 7.48. The Morgan fingerprint density at radius 3 is 1.96 bits per heavy atom. The predicted octanol–water partition coefficient (Wildman–Crippen LogP) is 0.278. The van der Waals surface area contributed by atoms with Gasteiger partial charge in [-0.2, -0.15) is 0 Å². The van der Waals surface area contributed by atoms with Gasteiger partial charge in [-0.1, -0.05) is 27.7 Å². The summed E-state index contributed by atoms with van der Waals surface area (Å²) in [7, 11) is -8.56. The molecule has 1 heterocycles. The summed E-state index contributed by atoms with van der Waals surface area (Å²) in [6, 6.07) is 0. The lowest BCUT2D eigenvalue weighted by Gasteiger charge is -2.26. The maximum atomic E-state index is 12.5. The highest BCUT2D eigenvalue weighted by atomic mass is 32.2. The summed E-state index contributed by atoms with van der Waals surface area (Å²) in [5, 5.41) is 19.4. The fraction of sp³-hybridized carbons (Fsp3) is 0.714. The number of carbonyl (C=O) groups is 2. The van der Waals surface area contributed by atoms with Gasteiger partial charge in [-0.3, -0.25) is 0 Å². The van der Waals surface area contributed by atoms with Crippen molar-refractivity contribution in [2.45, 2.75) is 33.3 Å². The van der Waals surface area contributed by atoms with Crippen LogP contribution in [0.15, 0.2) is 10.7 Å². The summed E-state index contributed by atoms with van der Waals surface area (Å²) < 4.78 is 54.2. The van der Waals surface area contributed by atoms with Crippen molar-refractivity contribution in [3.05, 3.63) is 10.7 Å². The van der Waals surface area contributed by atoms with E-state index >= 15 is 0 Å². The number of cyclic esters (lactones) is 1. The lowest BCUT2D eigenvalue weighted by atomic mass is 10.1. The average molecular weight is 398 g/mol. The molecule has 1 aliphatic heterocycles. The Morgan fingerprint density at radius 1 is 1.08 bits per heavy atom. The van der Waals surface area contributed by atoms with Gasteiger partial charge < -0.3 is 14.9 Å². The Bertz CT molecular complexity index is 803. The molecule has 0 bridgehead atoms. The lowest BCUT2D eigenvalue weighted by molar-refractivity contribution is -0.165. The number of aliphatic hydroxyl groups excluding tert-OH is 1. The zero-order valence-corrected chi connectivity index (χ0v) is 16.0. The Labute approximate surface area is 146 Å². The Kier molecular flexibility index (Phi) is 5.95. The molecule has 0 spiro atoms. The van der Waals surface area contributed by atoms with Gasteiger partial charge in [0, 0.05) is 0 Å². The molecule has 0 fully saturated rings. The zero-order valence-electron chi connectivity index (χ0n) is 14.3. The van der Waals surface area contributed by atoms with Gasteiger partial charge in [0.05, 0.1) is 11.5 Å². The minimum Gasteiger partial charge on any atom is -0.501 e. The number of carboxylic acid groups (broad SMARTS) is 1. The topological polar surface area (TPSA) is 152 Å². The summed E-state index contributed by atoms with van der Waals surface area (Å²) in [5.41, 5.74) is -2.98. The Morgan fingerprint density at radius 2 is 1.56 bits per heavy atom. The molecule has 0 amide bonds. The van der Waals surface area contributed by atoms with Crippen LogP contribution < -0.4 is 0 Å². The van der Waals surface area contributed by atoms with Crippen LogP contribution in [0.4, 0.5) is 0 Å². The van der Waals surface area contributed by atoms with Crippen molar-refractivity contribution in [3.63, 3.8) is 0 Å². The molecule has 1 atom stereocenters.